The molecule has 1 aliphatic heterocycles. The summed E-state index contributed by atoms with van der Waals surface area (Å²) in [7, 11) is 0. The number of aliphatic carboxylic acids is 2. The van der Waals surface area contributed by atoms with Crippen molar-refractivity contribution in [2.75, 3.05) is 0 Å². The lowest BCUT2D eigenvalue weighted by atomic mass is 9.33. The Morgan fingerprint density at radius 1 is 0.822 bits per heavy atom. The van der Waals surface area contributed by atoms with Gasteiger partial charge in [-0.2, -0.15) is 0 Å². The Morgan fingerprint density at radius 2 is 1.51 bits per heavy atom. The van der Waals surface area contributed by atoms with Gasteiger partial charge in [0.25, 0.3) is 0 Å². The highest BCUT2D eigenvalue weighted by Crippen LogP contribution is 2.76. The standard InChI is InChI=1S/C36H56O9/c1-18-10-15-35(30(40)41)16-17-36(31(42)43)21(25(35)19(18)2)8-9-23-33(6)13-12-24(32(4,5)22(33)11-14-34(23,36)7)45-29-28(39)27(38)26(37)20(3)44-29/h8,18-20,22-29,37-39H,9-17H2,1-7H3,(H,40,41)(H,42,43)/t18-,19+,20+,22+,23-,24+,25+,26+,27-,28-,29+,33+,34-,35+,36-/m1/s1. The predicted molar refractivity (Wildman–Crippen MR) is 166 cm³/mol. The van der Waals surface area contributed by atoms with Crippen LogP contribution in [0.25, 0.3) is 0 Å². The van der Waals surface area contributed by atoms with Crippen LogP contribution in [0.5, 0.6) is 0 Å². The summed E-state index contributed by atoms with van der Waals surface area (Å²) in [5.74, 6) is -1.08. The van der Waals surface area contributed by atoms with Crippen LogP contribution in [0, 0.1) is 56.7 Å². The maximum Gasteiger partial charge on any atom is 0.314 e. The molecular formula is C36H56O9. The van der Waals surface area contributed by atoms with E-state index in [1.807, 2.05) is 0 Å². The van der Waals surface area contributed by atoms with Crippen molar-refractivity contribution >= 4 is 11.9 Å². The summed E-state index contributed by atoms with van der Waals surface area (Å²) >= 11 is 0. The van der Waals surface area contributed by atoms with Gasteiger partial charge in [-0.25, -0.2) is 0 Å². The van der Waals surface area contributed by atoms with Crippen LogP contribution in [-0.4, -0.2) is 74.3 Å². The number of hydrogen-bond acceptors (Lipinski definition) is 7. The molecule has 0 aromatic carbocycles. The second-order valence-corrected chi connectivity index (χ2v) is 17.2. The number of fused-ring (bicyclic) bond motifs is 7. The van der Waals surface area contributed by atoms with Gasteiger partial charge in [0.2, 0.25) is 0 Å². The number of aliphatic hydroxyl groups is 3. The Bertz CT molecular complexity index is 1250. The lowest BCUT2D eigenvalue weighted by Crippen LogP contribution is -2.68. The van der Waals surface area contributed by atoms with Crippen LogP contribution in [0.15, 0.2) is 11.6 Å². The van der Waals surface area contributed by atoms with Crippen LogP contribution < -0.4 is 0 Å². The van der Waals surface area contributed by atoms with Crippen LogP contribution in [0.3, 0.4) is 0 Å². The number of rotatable bonds is 4. The molecule has 9 heteroatoms. The number of carboxylic acids is 2. The van der Waals surface area contributed by atoms with Crippen molar-refractivity contribution in [3.63, 3.8) is 0 Å². The maximum absolute atomic E-state index is 13.8. The third kappa shape index (κ3) is 4.28. The molecule has 0 radical (unpaired) electrons. The lowest BCUT2D eigenvalue weighted by molar-refractivity contribution is -0.324. The summed E-state index contributed by atoms with van der Waals surface area (Å²) in [6, 6.07) is 0. The minimum absolute atomic E-state index is 0.0958. The van der Waals surface area contributed by atoms with Crippen LogP contribution in [0.2, 0.25) is 0 Å². The van der Waals surface area contributed by atoms with Gasteiger partial charge in [-0.1, -0.05) is 53.2 Å². The van der Waals surface area contributed by atoms with E-state index in [9.17, 15) is 35.1 Å². The second-order valence-electron chi connectivity index (χ2n) is 17.2. The van der Waals surface area contributed by atoms with E-state index in [0.717, 1.165) is 37.7 Å². The fraction of sp³-hybridized carbons (Fsp3) is 0.889. The van der Waals surface area contributed by atoms with E-state index >= 15 is 0 Å². The first-order valence-corrected chi connectivity index (χ1v) is 17.4. The van der Waals surface area contributed by atoms with Gasteiger partial charge in [0, 0.05) is 0 Å². The molecule has 0 amide bonds. The fourth-order valence-corrected chi connectivity index (χ4v) is 12.5. The topological polar surface area (TPSA) is 154 Å². The fourth-order valence-electron chi connectivity index (χ4n) is 12.5. The molecule has 254 valence electrons. The first-order valence-electron chi connectivity index (χ1n) is 17.4. The summed E-state index contributed by atoms with van der Waals surface area (Å²) in [6.45, 7) is 15.0. The molecule has 0 unspecified atom stereocenters. The number of carboxylic acid groups (broad SMARTS) is 2. The Balaban J connectivity index is 1.35. The second kappa shape index (κ2) is 10.7. The van der Waals surface area contributed by atoms with Crippen LogP contribution >= 0.6 is 0 Å². The molecule has 6 rings (SSSR count). The zero-order valence-electron chi connectivity index (χ0n) is 28.2. The molecule has 0 spiro atoms. The van der Waals surface area contributed by atoms with Crippen LogP contribution in [0.1, 0.15) is 106 Å². The molecule has 5 N–H and O–H groups in total. The third-order valence-corrected chi connectivity index (χ3v) is 15.3. The van der Waals surface area contributed by atoms with Crippen molar-refractivity contribution < 1.29 is 44.6 Å². The van der Waals surface area contributed by atoms with Gasteiger partial charge in [-0.15, -0.1) is 0 Å². The van der Waals surface area contributed by atoms with Gasteiger partial charge in [0.05, 0.1) is 23.0 Å². The summed E-state index contributed by atoms with van der Waals surface area (Å²) < 4.78 is 12.3. The predicted octanol–water partition coefficient (Wildman–Crippen LogP) is 5.01. The van der Waals surface area contributed by atoms with Crippen molar-refractivity contribution in [1.82, 2.24) is 0 Å². The van der Waals surface area contributed by atoms with Crippen LogP contribution in [0.4, 0.5) is 0 Å². The summed E-state index contributed by atoms with van der Waals surface area (Å²) in [6.07, 6.45) is 2.36. The summed E-state index contributed by atoms with van der Waals surface area (Å²) in [5.41, 5.74) is -2.13. The highest BCUT2D eigenvalue weighted by atomic mass is 16.7. The normalized spacial score (nSPS) is 54.0. The molecule has 0 bridgehead atoms. The monoisotopic (exact) mass is 632 g/mol. The minimum Gasteiger partial charge on any atom is -0.481 e. The van der Waals surface area contributed by atoms with E-state index in [1.165, 1.54) is 0 Å². The van der Waals surface area contributed by atoms with Crippen molar-refractivity contribution in [3.8, 4) is 0 Å². The number of ether oxygens (including phenoxy) is 2. The molecule has 5 aliphatic carbocycles. The Labute approximate surface area is 267 Å². The number of carbonyl (C=O) groups is 2. The highest BCUT2D eigenvalue weighted by Gasteiger charge is 2.73. The largest absolute Gasteiger partial charge is 0.481 e. The Hall–Kier alpha value is -1.52. The smallest absolute Gasteiger partial charge is 0.314 e. The molecule has 1 heterocycles. The van der Waals surface area contributed by atoms with E-state index in [2.05, 4.69) is 47.6 Å². The Morgan fingerprint density at radius 3 is 2.16 bits per heavy atom. The molecule has 9 nitrogen and oxygen atoms in total. The minimum atomic E-state index is -1.36. The Kier molecular flexibility index (Phi) is 7.97. The van der Waals surface area contributed by atoms with Crippen molar-refractivity contribution in [3.05, 3.63) is 11.6 Å². The molecule has 45 heavy (non-hydrogen) atoms. The molecule has 6 aliphatic rings. The molecule has 1 saturated heterocycles. The molecular weight excluding hydrogens is 576 g/mol. The zero-order chi connectivity index (χ0) is 33.1. The first kappa shape index (κ1) is 33.4. The van der Waals surface area contributed by atoms with E-state index in [-0.39, 0.29) is 40.6 Å². The van der Waals surface area contributed by atoms with E-state index < -0.39 is 58.9 Å². The average molecular weight is 633 g/mol. The van der Waals surface area contributed by atoms with E-state index in [1.54, 1.807) is 6.92 Å². The lowest BCUT2D eigenvalue weighted by Gasteiger charge is -2.70. The van der Waals surface area contributed by atoms with Gasteiger partial charge in [0.15, 0.2) is 6.29 Å². The molecule has 0 aromatic rings. The molecule has 0 aromatic heterocycles. The van der Waals surface area contributed by atoms with Crippen molar-refractivity contribution in [2.24, 2.45) is 56.7 Å². The number of aliphatic hydroxyl groups excluding tert-OH is 3. The average Bonchev–Trinajstić information content (AvgIpc) is 2.97. The summed E-state index contributed by atoms with van der Waals surface area (Å²) in [5, 5.41) is 53.2. The SMILES string of the molecule is C[C@H]1[C@H](C)CC[C@]2(C(=O)O)CC[C@]3(C(=O)O)C(=CC[C@@H]4[C@@]5(C)CC[C@H](O[C@@H]6O[C@@H](C)[C@H](O)[C@@H](O)[C@H]6O)C(C)(C)[C@@H]5CC[C@]43C)[C@H]12. The van der Waals surface area contributed by atoms with E-state index in [0.29, 0.717) is 31.6 Å². The van der Waals surface area contributed by atoms with Gasteiger partial charge in [-0.05, 0) is 111 Å². The van der Waals surface area contributed by atoms with Crippen LogP contribution in [-0.2, 0) is 19.1 Å². The molecule has 5 fully saturated rings. The quantitative estimate of drug-likeness (QED) is 0.213. The van der Waals surface area contributed by atoms with Gasteiger partial charge in [-0.3, -0.25) is 9.59 Å². The van der Waals surface area contributed by atoms with Gasteiger partial charge in [0.1, 0.15) is 18.3 Å². The van der Waals surface area contributed by atoms with Crippen molar-refractivity contribution in [2.45, 2.75) is 143 Å². The van der Waals surface area contributed by atoms with Gasteiger partial charge < -0.3 is 35.0 Å². The first-order chi connectivity index (χ1) is 20.9. The zero-order valence-corrected chi connectivity index (χ0v) is 28.2. The van der Waals surface area contributed by atoms with Crippen molar-refractivity contribution in [1.29, 1.82) is 0 Å². The molecule has 4 saturated carbocycles. The number of hydrogen-bond donors (Lipinski definition) is 5. The summed E-state index contributed by atoms with van der Waals surface area (Å²) in [4.78, 5) is 26.8. The maximum atomic E-state index is 13.8. The highest BCUT2D eigenvalue weighted by molar-refractivity contribution is 5.84. The van der Waals surface area contributed by atoms with E-state index in [4.69, 9.17) is 9.47 Å². The molecule has 15 atom stereocenters. The number of allylic oxidation sites excluding steroid dienone is 1. The van der Waals surface area contributed by atoms with Gasteiger partial charge >= 0.3 is 11.9 Å². The third-order valence-electron chi connectivity index (χ3n) is 15.3.